The highest BCUT2D eigenvalue weighted by Gasteiger charge is 2.18. The summed E-state index contributed by atoms with van der Waals surface area (Å²) in [5, 5.41) is 6.81. The molecule has 0 atom stereocenters. The smallest absolute Gasteiger partial charge is 0.159 e. The fourth-order valence-electron chi connectivity index (χ4n) is 7.12. The fourth-order valence-corrected chi connectivity index (χ4v) is 7.12. The van der Waals surface area contributed by atoms with Crippen molar-refractivity contribution in [2.24, 2.45) is 0 Å². The molecule has 5 nitrogen and oxygen atoms in total. The van der Waals surface area contributed by atoms with Crippen molar-refractivity contribution in [3.8, 4) is 22.5 Å². The van der Waals surface area contributed by atoms with Crippen molar-refractivity contribution in [3.05, 3.63) is 146 Å². The Hall–Kier alpha value is -6.20. The van der Waals surface area contributed by atoms with E-state index >= 15 is 0 Å². The van der Waals surface area contributed by atoms with Crippen LogP contribution in [-0.4, -0.2) is 19.1 Å². The van der Waals surface area contributed by atoms with Gasteiger partial charge in [0.15, 0.2) is 5.58 Å². The van der Waals surface area contributed by atoms with E-state index in [2.05, 4.69) is 140 Å². The van der Waals surface area contributed by atoms with Gasteiger partial charge in [0.2, 0.25) is 0 Å². The molecule has 0 saturated carbocycles. The number of furan rings is 1. The van der Waals surface area contributed by atoms with Gasteiger partial charge >= 0.3 is 0 Å². The van der Waals surface area contributed by atoms with E-state index in [9.17, 15) is 0 Å². The molecule has 5 heteroatoms. The van der Waals surface area contributed by atoms with E-state index in [1.165, 1.54) is 10.8 Å². The number of nitrogens with zero attached hydrogens (tertiary/aromatic N) is 4. The Morgan fingerprint density at radius 1 is 0.444 bits per heavy atom. The molecule has 0 radical (unpaired) electrons. The van der Waals surface area contributed by atoms with E-state index in [1.54, 1.807) is 0 Å². The molecule has 0 aliphatic carbocycles. The molecule has 210 valence electrons. The number of aromatic nitrogens is 4. The number of para-hydroxylation sites is 3. The third kappa shape index (κ3) is 3.43. The van der Waals surface area contributed by atoms with Crippen molar-refractivity contribution in [1.82, 2.24) is 19.1 Å². The summed E-state index contributed by atoms with van der Waals surface area (Å²) in [5.41, 5.74) is 10.7. The molecule has 0 N–H and O–H groups in total. The molecule has 0 unspecified atom stereocenters. The molecule has 10 aromatic rings. The van der Waals surface area contributed by atoms with Crippen LogP contribution in [0.5, 0.6) is 0 Å². The minimum Gasteiger partial charge on any atom is -0.454 e. The lowest BCUT2D eigenvalue weighted by molar-refractivity contribution is 0.666. The lowest BCUT2D eigenvalue weighted by atomic mass is 10.0. The first-order valence-corrected chi connectivity index (χ1v) is 15.1. The largest absolute Gasteiger partial charge is 0.454 e. The second-order valence-corrected chi connectivity index (χ2v) is 11.5. The molecular weight excluding hydrogens is 552 g/mol. The molecule has 5 aromatic heterocycles. The number of fused-ring (bicyclic) bond motifs is 9. The van der Waals surface area contributed by atoms with Gasteiger partial charge in [-0.2, -0.15) is 0 Å². The lowest BCUT2D eigenvalue weighted by Crippen LogP contribution is -1.94. The van der Waals surface area contributed by atoms with Gasteiger partial charge in [0, 0.05) is 62.8 Å². The van der Waals surface area contributed by atoms with Crippen molar-refractivity contribution < 1.29 is 4.42 Å². The van der Waals surface area contributed by atoms with Gasteiger partial charge in [-0.05, 0) is 71.8 Å². The van der Waals surface area contributed by atoms with E-state index < -0.39 is 0 Å². The maximum Gasteiger partial charge on any atom is 0.159 e. The Morgan fingerprint density at radius 3 is 1.93 bits per heavy atom. The average molecular weight is 577 g/mol. The van der Waals surface area contributed by atoms with Crippen LogP contribution in [0.3, 0.4) is 0 Å². The van der Waals surface area contributed by atoms with Crippen molar-refractivity contribution in [3.63, 3.8) is 0 Å². The molecular formula is C40H24N4O. The third-order valence-corrected chi connectivity index (χ3v) is 9.11. The number of rotatable bonds is 3. The minimum atomic E-state index is 0.870. The Balaban J connectivity index is 1.18. The highest BCUT2D eigenvalue weighted by atomic mass is 16.3. The molecule has 5 aromatic carbocycles. The van der Waals surface area contributed by atoms with E-state index in [4.69, 9.17) is 4.42 Å². The van der Waals surface area contributed by atoms with Crippen LogP contribution in [0.2, 0.25) is 0 Å². The molecule has 0 aliphatic rings. The Kier molecular flexibility index (Phi) is 4.93. The van der Waals surface area contributed by atoms with Crippen molar-refractivity contribution >= 4 is 65.6 Å². The number of benzene rings is 5. The van der Waals surface area contributed by atoms with Crippen LogP contribution in [0.1, 0.15) is 0 Å². The molecule has 10 rings (SSSR count). The summed E-state index contributed by atoms with van der Waals surface area (Å²) in [6.45, 7) is 0. The van der Waals surface area contributed by atoms with Gasteiger partial charge in [-0.25, -0.2) is 0 Å². The molecule has 5 heterocycles. The van der Waals surface area contributed by atoms with Gasteiger partial charge in [-0.3, -0.25) is 9.97 Å². The van der Waals surface area contributed by atoms with Gasteiger partial charge < -0.3 is 13.6 Å². The zero-order valence-electron chi connectivity index (χ0n) is 24.1. The monoisotopic (exact) mass is 576 g/mol. The lowest BCUT2D eigenvalue weighted by Gasteiger charge is -2.08. The van der Waals surface area contributed by atoms with Gasteiger partial charge in [-0.1, -0.05) is 60.7 Å². The second kappa shape index (κ2) is 9.15. The number of hydrogen-bond acceptors (Lipinski definition) is 3. The summed E-state index contributed by atoms with van der Waals surface area (Å²) in [6, 6.07) is 42.8. The first-order chi connectivity index (χ1) is 22.3. The summed E-state index contributed by atoms with van der Waals surface area (Å²) >= 11 is 0. The zero-order valence-corrected chi connectivity index (χ0v) is 24.1. The normalized spacial score (nSPS) is 12.0. The first-order valence-electron chi connectivity index (χ1n) is 15.1. The average Bonchev–Trinajstić information content (AvgIpc) is 3.76. The van der Waals surface area contributed by atoms with E-state index in [0.29, 0.717) is 0 Å². The zero-order chi connectivity index (χ0) is 29.5. The Labute approximate surface area is 257 Å². The summed E-state index contributed by atoms with van der Waals surface area (Å²) in [4.78, 5) is 8.89. The van der Waals surface area contributed by atoms with Crippen molar-refractivity contribution in [1.29, 1.82) is 0 Å². The Bertz CT molecular complexity index is 2710. The van der Waals surface area contributed by atoms with Crippen molar-refractivity contribution in [2.45, 2.75) is 0 Å². The molecule has 0 fully saturated rings. The molecule has 45 heavy (non-hydrogen) atoms. The molecule has 0 bridgehead atoms. The number of hydrogen-bond donors (Lipinski definition) is 0. The third-order valence-electron chi connectivity index (χ3n) is 9.11. The van der Waals surface area contributed by atoms with Crippen LogP contribution in [0.15, 0.2) is 151 Å². The second-order valence-electron chi connectivity index (χ2n) is 11.5. The van der Waals surface area contributed by atoms with Gasteiger partial charge in [0.25, 0.3) is 0 Å². The summed E-state index contributed by atoms with van der Waals surface area (Å²) in [6.07, 6.45) is 7.64. The van der Waals surface area contributed by atoms with Crippen LogP contribution in [0.4, 0.5) is 0 Å². The molecule has 0 saturated heterocycles. The van der Waals surface area contributed by atoms with Crippen molar-refractivity contribution in [2.75, 3.05) is 0 Å². The summed E-state index contributed by atoms with van der Waals surface area (Å²) < 4.78 is 11.2. The SMILES string of the molecule is c1ccc(-n2c3ccncc3c3cc(-c4ccc5oc6c(-n7c8ccccc8c8cnccc87)cccc6c5c4)ccc32)cc1. The number of pyridine rings is 2. The van der Waals surface area contributed by atoms with Crippen LogP contribution < -0.4 is 0 Å². The minimum absolute atomic E-state index is 0.870. The van der Waals surface area contributed by atoms with Crippen LogP contribution in [0.25, 0.3) is 88.1 Å². The topological polar surface area (TPSA) is 48.8 Å². The quantitative estimate of drug-likeness (QED) is 0.210. The van der Waals surface area contributed by atoms with Gasteiger partial charge in [0.1, 0.15) is 5.58 Å². The van der Waals surface area contributed by atoms with Gasteiger partial charge in [0.05, 0.1) is 27.8 Å². The van der Waals surface area contributed by atoms with Crippen LogP contribution >= 0.6 is 0 Å². The molecule has 0 amide bonds. The highest BCUT2D eigenvalue weighted by Crippen LogP contribution is 2.40. The summed E-state index contributed by atoms with van der Waals surface area (Å²) in [5.74, 6) is 0. The van der Waals surface area contributed by atoms with E-state index in [0.717, 1.165) is 77.3 Å². The highest BCUT2D eigenvalue weighted by molar-refractivity contribution is 6.14. The predicted molar refractivity (Wildman–Crippen MR) is 183 cm³/mol. The first kappa shape index (κ1) is 24.3. The van der Waals surface area contributed by atoms with E-state index in [-0.39, 0.29) is 0 Å². The fraction of sp³-hybridized carbons (Fsp3) is 0. The van der Waals surface area contributed by atoms with E-state index in [1.807, 2.05) is 24.8 Å². The standard InChI is InChI=1S/C40H24N4O/c1-2-7-27(8-3-1)43-35-15-13-25(21-30(35)33-24-42-19-17-36(33)43)26-14-16-39-31(22-26)29-10-6-12-38(40(29)45-39)44-34-11-5-4-9-28(34)32-23-41-20-18-37(32)44/h1-24H. The summed E-state index contributed by atoms with van der Waals surface area (Å²) in [7, 11) is 0. The van der Waals surface area contributed by atoms with Crippen LogP contribution in [0, 0.1) is 0 Å². The molecule has 0 spiro atoms. The maximum atomic E-state index is 6.63. The Morgan fingerprint density at radius 2 is 1.09 bits per heavy atom. The maximum absolute atomic E-state index is 6.63. The van der Waals surface area contributed by atoms with Gasteiger partial charge in [-0.15, -0.1) is 0 Å². The predicted octanol–water partition coefficient (Wildman–Crippen LogP) is 10.2. The van der Waals surface area contributed by atoms with Crippen LogP contribution in [-0.2, 0) is 0 Å². The molecule has 0 aliphatic heterocycles.